The Morgan fingerprint density at radius 2 is 1.71 bits per heavy atom. The van der Waals surface area contributed by atoms with Crippen LogP contribution in [0.2, 0.25) is 0 Å². The van der Waals surface area contributed by atoms with E-state index in [9.17, 15) is 18.3 Å². The zero-order valence-electron chi connectivity index (χ0n) is 20.2. The Balaban J connectivity index is 2.07. The third-order valence-electron chi connectivity index (χ3n) is 4.89. The maximum Gasteiger partial charge on any atom is 0.407 e. The van der Waals surface area contributed by atoms with E-state index in [1.807, 2.05) is 30.3 Å². The van der Waals surface area contributed by atoms with Crippen LogP contribution in [0.15, 0.2) is 59.5 Å². The van der Waals surface area contributed by atoms with Crippen LogP contribution in [0.25, 0.3) is 0 Å². The lowest BCUT2D eigenvalue weighted by Gasteiger charge is -2.29. The first-order chi connectivity index (χ1) is 15.7. The minimum atomic E-state index is -3.90. The molecule has 9 nitrogen and oxygen atoms in total. The van der Waals surface area contributed by atoms with Crippen molar-refractivity contribution in [1.82, 2.24) is 10.8 Å². The molecule has 0 saturated carbocycles. The number of benzene rings is 2. The molecule has 0 unspecified atom stereocenters. The van der Waals surface area contributed by atoms with Gasteiger partial charge >= 0.3 is 6.09 Å². The van der Waals surface area contributed by atoms with Crippen LogP contribution in [0, 0.1) is 0 Å². The van der Waals surface area contributed by atoms with Crippen molar-refractivity contribution in [3.63, 3.8) is 0 Å². The van der Waals surface area contributed by atoms with Crippen LogP contribution in [0.1, 0.15) is 40.2 Å². The van der Waals surface area contributed by atoms with Gasteiger partial charge in [0, 0.05) is 12.2 Å². The zero-order valence-corrected chi connectivity index (χ0v) is 21.1. The van der Waals surface area contributed by atoms with Gasteiger partial charge in [-0.2, -0.15) is 5.48 Å². The van der Waals surface area contributed by atoms with Crippen molar-refractivity contribution in [3.8, 4) is 0 Å². The number of hydroxylamine groups is 1. The number of anilines is 1. The first kappa shape index (κ1) is 27.6. The summed E-state index contributed by atoms with van der Waals surface area (Å²) in [6.07, 6.45) is -1.45. The number of alkyl carbamates (subject to hydrolysis) is 1. The fourth-order valence-corrected chi connectivity index (χ4v) is 4.36. The molecular weight excluding hydrogens is 458 g/mol. The van der Waals surface area contributed by atoms with Crippen LogP contribution in [-0.4, -0.2) is 48.8 Å². The number of hydrogen-bond acceptors (Lipinski definition) is 8. The van der Waals surface area contributed by atoms with E-state index in [0.717, 1.165) is 5.56 Å². The molecule has 2 aromatic rings. The number of nitrogen functional groups attached to an aromatic ring is 1. The Labute approximate surface area is 201 Å². The number of ether oxygens (including phenoxy) is 1. The van der Waals surface area contributed by atoms with Gasteiger partial charge in [0.1, 0.15) is 5.60 Å². The van der Waals surface area contributed by atoms with Crippen molar-refractivity contribution >= 4 is 21.6 Å². The fraction of sp³-hybridized carbons (Fsp3) is 0.458. The maximum atomic E-state index is 13.0. The summed E-state index contributed by atoms with van der Waals surface area (Å²) in [6, 6.07) is 14.6. The van der Waals surface area contributed by atoms with Crippen molar-refractivity contribution in [1.29, 1.82) is 0 Å². The molecule has 10 heteroatoms. The highest BCUT2D eigenvalue weighted by Gasteiger charge is 2.38. The topological polar surface area (TPSA) is 140 Å². The Morgan fingerprint density at radius 1 is 1.06 bits per heavy atom. The molecule has 2 rings (SSSR count). The minimum Gasteiger partial charge on any atom is -0.444 e. The highest BCUT2D eigenvalue weighted by Crippen LogP contribution is 2.27. The molecule has 2 aromatic carbocycles. The number of carbonyl (C=O) groups is 1. The van der Waals surface area contributed by atoms with Crippen LogP contribution in [0.5, 0.6) is 0 Å². The number of carbonyl (C=O) groups excluding carboxylic acids is 1. The van der Waals surface area contributed by atoms with Crippen LogP contribution < -0.4 is 16.5 Å². The second-order valence-electron chi connectivity index (χ2n) is 9.44. The lowest BCUT2D eigenvalue weighted by Crippen LogP contribution is -2.51. The Morgan fingerprint density at radius 3 is 2.29 bits per heavy atom. The number of hydrogen-bond donors (Lipinski definition) is 4. The standard InChI is InChI=1S/C24H35N3O6S/c1-23(2,3)32-22(29)27-20(14-17-10-7-6-8-11-17)21(28)16-26-33-24(4,5)34(30,31)19-13-9-12-18(25)15-19/h6-13,15,20-21,26,28H,14,16,25H2,1-5H3,(H,27,29)/t20-,21+/m0/s1. The summed E-state index contributed by atoms with van der Waals surface area (Å²) in [4.78, 5) is 16.2. The molecule has 0 spiro atoms. The van der Waals surface area contributed by atoms with Crippen molar-refractivity contribution < 1.29 is 27.9 Å². The summed E-state index contributed by atoms with van der Waals surface area (Å²) in [6.45, 7) is 7.87. The predicted octanol–water partition coefficient (Wildman–Crippen LogP) is 2.80. The Bertz CT molecular complexity index is 1050. The van der Waals surface area contributed by atoms with Gasteiger partial charge in [-0.15, -0.1) is 0 Å². The number of sulfone groups is 1. The number of nitrogens with one attached hydrogen (secondary N) is 2. The third-order valence-corrected chi connectivity index (χ3v) is 7.14. The van der Waals surface area contributed by atoms with Gasteiger partial charge in [-0.3, -0.25) is 4.84 Å². The smallest absolute Gasteiger partial charge is 0.407 e. The molecule has 0 radical (unpaired) electrons. The molecule has 0 aliphatic heterocycles. The molecule has 0 fully saturated rings. The van der Waals surface area contributed by atoms with E-state index in [1.165, 1.54) is 26.0 Å². The predicted molar refractivity (Wildman–Crippen MR) is 131 cm³/mol. The van der Waals surface area contributed by atoms with Crippen LogP contribution in [0.3, 0.4) is 0 Å². The van der Waals surface area contributed by atoms with E-state index in [-0.39, 0.29) is 11.4 Å². The third kappa shape index (κ3) is 7.98. The van der Waals surface area contributed by atoms with Crippen LogP contribution in [-0.2, 0) is 25.8 Å². The van der Waals surface area contributed by atoms with E-state index in [0.29, 0.717) is 12.1 Å². The molecular formula is C24H35N3O6S. The van der Waals surface area contributed by atoms with Gasteiger partial charge in [0.05, 0.1) is 17.0 Å². The molecule has 188 valence electrons. The highest BCUT2D eigenvalue weighted by atomic mass is 32.2. The van der Waals surface area contributed by atoms with E-state index in [1.54, 1.807) is 32.9 Å². The average Bonchev–Trinajstić information content (AvgIpc) is 2.72. The van der Waals surface area contributed by atoms with Gasteiger partial charge in [-0.1, -0.05) is 36.4 Å². The second kappa shape index (κ2) is 11.2. The summed E-state index contributed by atoms with van der Waals surface area (Å²) in [5, 5.41) is 13.5. The van der Waals surface area contributed by atoms with E-state index in [2.05, 4.69) is 10.8 Å². The molecule has 1 amide bonds. The lowest BCUT2D eigenvalue weighted by molar-refractivity contribution is -0.0520. The van der Waals surface area contributed by atoms with Gasteiger partial charge < -0.3 is 20.9 Å². The molecule has 0 saturated heterocycles. The van der Waals surface area contributed by atoms with Crippen LogP contribution in [0.4, 0.5) is 10.5 Å². The average molecular weight is 494 g/mol. The molecule has 34 heavy (non-hydrogen) atoms. The summed E-state index contributed by atoms with van der Waals surface area (Å²) in [5.41, 5.74) is 8.78. The Kier molecular flexibility index (Phi) is 9.07. The molecule has 0 bridgehead atoms. The summed E-state index contributed by atoms with van der Waals surface area (Å²) in [5.74, 6) is 0. The number of aliphatic hydroxyl groups is 1. The van der Waals surface area contributed by atoms with Crippen molar-refractivity contribution in [2.75, 3.05) is 12.3 Å². The van der Waals surface area contributed by atoms with Gasteiger partial charge in [0.2, 0.25) is 9.84 Å². The number of rotatable bonds is 10. The summed E-state index contributed by atoms with van der Waals surface area (Å²) in [7, 11) is -3.90. The maximum absolute atomic E-state index is 13.0. The Hall–Kier alpha value is -2.66. The first-order valence-electron chi connectivity index (χ1n) is 10.9. The molecule has 0 aliphatic rings. The normalized spacial score (nSPS) is 14.3. The number of amides is 1. The zero-order chi connectivity index (χ0) is 25.6. The molecule has 0 aromatic heterocycles. The number of aliphatic hydroxyl groups excluding tert-OH is 1. The van der Waals surface area contributed by atoms with E-state index in [4.69, 9.17) is 15.3 Å². The molecule has 0 heterocycles. The first-order valence-corrected chi connectivity index (χ1v) is 12.4. The van der Waals surface area contributed by atoms with Crippen molar-refractivity contribution in [2.45, 2.75) is 68.6 Å². The van der Waals surface area contributed by atoms with Crippen molar-refractivity contribution in [3.05, 3.63) is 60.2 Å². The number of nitrogens with two attached hydrogens (primary N) is 1. The van der Waals surface area contributed by atoms with Crippen LogP contribution >= 0.6 is 0 Å². The fourth-order valence-electron chi connectivity index (χ4n) is 3.07. The highest BCUT2D eigenvalue weighted by molar-refractivity contribution is 7.92. The minimum absolute atomic E-state index is 0.0217. The molecule has 0 aliphatic carbocycles. The SMILES string of the molecule is CC(C)(C)OC(=O)N[C@@H](Cc1ccccc1)[C@H](O)CNOC(C)(C)S(=O)(=O)c1cccc(N)c1. The van der Waals surface area contributed by atoms with E-state index >= 15 is 0 Å². The summed E-state index contributed by atoms with van der Waals surface area (Å²) < 4.78 is 31.3. The largest absolute Gasteiger partial charge is 0.444 e. The summed E-state index contributed by atoms with van der Waals surface area (Å²) >= 11 is 0. The molecule has 5 N–H and O–H groups in total. The van der Waals surface area contributed by atoms with E-state index < -0.39 is 38.6 Å². The van der Waals surface area contributed by atoms with Gasteiger partial charge in [0.15, 0.2) is 4.93 Å². The van der Waals surface area contributed by atoms with Gasteiger partial charge in [0.25, 0.3) is 0 Å². The second-order valence-corrected chi connectivity index (χ2v) is 11.9. The molecule has 2 atom stereocenters. The lowest BCUT2D eigenvalue weighted by atomic mass is 10.0. The quantitative estimate of drug-likeness (QED) is 0.293. The van der Waals surface area contributed by atoms with Gasteiger partial charge in [-0.05, 0) is 64.8 Å². The van der Waals surface area contributed by atoms with Crippen molar-refractivity contribution in [2.24, 2.45) is 0 Å². The van der Waals surface area contributed by atoms with Gasteiger partial charge in [-0.25, -0.2) is 13.2 Å². The monoisotopic (exact) mass is 493 g/mol.